The van der Waals surface area contributed by atoms with Gasteiger partial charge in [-0.2, -0.15) is 0 Å². The lowest BCUT2D eigenvalue weighted by molar-refractivity contribution is -0.132. The van der Waals surface area contributed by atoms with Crippen molar-refractivity contribution in [3.05, 3.63) is 94.6 Å². The lowest BCUT2D eigenvalue weighted by atomic mass is 9.93. The van der Waals surface area contributed by atoms with E-state index in [0.717, 1.165) is 28.9 Å². The number of carbonyl (C=O) groups excluding carboxylic acids is 2. The highest BCUT2D eigenvalue weighted by atomic mass is 16.5. The summed E-state index contributed by atoms with van der Waals surface area (Å²) >= 11 is 0. The van der Waals surface area contributed by atoms with E-state index in [4.69, 9.17) is 9.47 Å². The molecule has 33 heavy (non-hydrogen) atoms. The molecule has 2 heterocycles. The van der Waals surface area contributed by atoms with Crippen molar-refractivity contribution in [3.63, 3.8) is 0 Å². The minimum Gasteiger partial charge on any atom is -0.507 e. The van der Waals surface area contributed by atoms with Crippen molar-refractivity contribution < 1.29 is 24.2 Å². The third kappa shape index (κ3) is 3.53. The van der Waals surface area contributed by atoms with E-state index in [1.54, 1.807) is 43.5 Å². The average Bonchev–Trinajstić information content (AvgIpc) is 3.41. The van der Waals surface area contributed by atoms with Crippen molar-refractivity contribution in [2.75, 3.05) is 18.6 Å². The van der Waals surface area contributed by atoms with Crippen LogP contribution in [0.1, 0.15) is 28.3 Å². The number of aliphatic hydroxyl groups excluding tert-OH is 1. The van der Waals surface area contributed by atoms with Crippen LogP contribution >= 0.6 is 0 Å². The van der Waals surface area contributed by atoms with Crippen LogP contribution in [0.4, 0.5) is 5.69 Å². The van der Waals surface area contributed by atoms with Crippen LogP contribution in [-0.2, 0) is 16.0 Å². The molecule has 0 aromatic heterocycles. The summed E-state index contributed by atoms with van der Waals surface area (Å²) in [6.45, 7) is 2.54. The normalized spacial score (nSPS) is 18.8. The van der Waals surface area contributed by atoms with Crippen LogP contribution in [0, 0.1) is 6.92 Å². The van der Waals surface area contributed by atoms with E-state index in [9.17, 15) is 14.7 Å². The van der Waals surface area contributed by atoms with Crippen molar-refractivity contribution in [2.45, 2.75) is 19.4 Å². The molecule has 2 aliphatic heterocycles. The van der Waals surface area contributed by atoms with Crippen LogP contribution in [0.15, 0.2) is 72.3 Å². The molecule has 1 saturated heterocycles. The van der Waals surface area contributed by atoms with Gasteiger partial charge < -0.3 is 14.6 Å². The number of ether oxygens (including phenoxy) is 2. The zero-order valence-corrected chi connectivity index (χ0v) is 18.4. The number of nitrogens with zero attached hydrogens (tertiary/aromatic N) is 1. The Labute approximate surface area is 191 Å². The van der Waals surface area contributed by atoms with E-state index < -0.39 is 17.7 Å². The third-order valence-electron chi connectivity index (χ3n) is 6.12. The number of hydrogen-bond donors (Lipinski definition) is 1. The van der Waals surface area contributed by atoms with Gasteiger partial charge in [0, 0.05) is 17.7 Å². The first kappa shape index (κ1) is 20.8. The Morgan fingerprint density at radius 3 is 2.58 bits per heavy atom. The predicted molar refractivity (Wildman–Crippen MR) is 125 cm³/mol. The minimum absolute atomic E-state index is 0.0697. The largest absolute Gasteiger partial charge is 0.507 e. The Morgan fingerprint density at radius 2 is 1.85 bits per heavy atom. The number of aliphatic hydroxyl groups is 1. The minimum atomic E-state index is -0.761. The van der Waals surface area contributed by atoms with E-state index in [0.29, 0.717) is 23.6 Å². The fourth-order valence-corrected chi connectivity index (χ4v) is 4.49. The fraction of sp³-hybridized carbons (Fsp3) is 0.185. The van der Waals surface area contributed by atoms with Gasteiger partial charge in [0.15, 0.2) is 0 Å². The second-order valence-corrected chi connectivity index (χ2v) is 8.20. The summed E-state index contributed by atoms with van der Waals surface area (Å²) in [5, 5.41) is 11.3. The molecule has 1 amide bonds. The molecule has 1 fully saturated rings. The zero-order valence-electron chi connectivity index (χ0n) is 18.4. The van der Waals surface area contributed by atoms with Crippen molar-refractivity contribution in [1.82, 2.24) is 0 Å². The van der Waals surface area contributed by atoms with Gasteiger partial charge in [0.05, 0.1) is 25.3 Å². The smallest absolute Gasteiger partial charge is 0.300 e. The lowest BCUT2D eigenvalue weighted by Gasteiger charge is -2.26. The monoisotopic (exact) mass is 441 g/mol. The Morgan fingerprint density at radius 1 is 1.06 bits per heavy atom. The lowest BCUT2D eigenvalue weighted by Crippen LogP contribution is -2.29. The summed E-state index contributed by atoms with van der Waals surface area (Å²) in [6, 6.07) is 19.1. The molecule has 0 bridgehead atoms. The summed E-state index contributed by atoms with van der Waals surface area (Å²) in [4.78, 5) is 28.0. The highest BCUT2D eigenvalue weighted by Crippen LogP contribution is 2.43. The van der Waals surface area contributed by atoms with Crippen LogP contribution < -0.4 is 14.4 Å². The molecular weight excluding hydrogens is 418 g/mol. The average molecular weight is 441 g/mol. The highest BCUT2D eigenvalue weighted by molar-refractivity contribution is 6.51. The number of hydrogen-bond acceptors (Lipinski definition) is 5. The summed E-state index contributed by atoms with van der Waals surface area (Å²) < 4.78 is 10.8. The Hall–Kier alpha value is -4.06. The number of Topliss-reactive ketones (excluding diaryl/α,β-unsaturated/α-hetero) is 1. The summed E-state index contributed by atoms with van der Waals surface area (Å²) in [5.41, 5.74) is 3.81. The molecule has 0 saturated carbocycles. The number of anilines is 1. The number of rotatable bonds is 4. The van der Waals surface area contributed by atoms with E-state index in [-0.39, 0.29) is 11.3 Å². The molecule has 6 nitrogen and oxygen atoms in total. The van der Waals surface area contributed by atoms with E-state index >= 15 is 0 Å². The molecule has 6 heteroatoms. The van der Waals surface area contributed by atoms with Gasteiger partial charge in [0.1, 0.15) is 17.3 Å². The fourth-order valence-electron chi connectivity index (χ4n) is 4.49. The molecule has 1 unspecified atom stereocenters. The molecule has 1 N–H and O–H groups in total. The van der Waals surface area contributed by atoms with Gasteiger partial charge in [0.25, 0.3) is 11.7 Å². The second-order valence-electron chi connectivity index (χ2n) is 8.20. The maximum atomic E-state index is 13.3. The Balaban J connectivity index is 1.69. The van der Waals surface area contributed by atoms with Crippen LogP contribution in [-0.4, -0.2) is 30.5 Å². The molecule has 0 radical (unpaired) electrons. The Kier molecular flexibility index (Phi) is 5.13. The predicted octanol–water partition coefficient (Wildman–Crippen LogP) is 4.56. The van der Waals surface area contributed by atoms with E-state index in [1.807, 2.05) is 37.3 Å². The van der Waals surface area contributed by atoms with Crippen LogP contribution in [0.2, 0.25) is 0 Å². The molecule has 0 spiro atoms. The first-order valence-corrected chi connectivity index (χ1v) is 10.8. The summed E-state index contributed by atoms with van der Waals surface area (Å²) in [5.74, 6) is -0.168. The van der Waals surface area contributed by atoms with Crippen molar-refractivity contribution in [2.24, 2.45) is 0 Å². The molecule has 5 rings (SSSR count). The van der Waals surface area contributed by atoms with E-state index in [1.165, 1.54) is 4.90 Å². The quantitative estimate of drug-likeness (QED) is 0.365. The number of amides is 1. The van der Waals surface area contributed by atoms with Gasteiger partial charge in [-0.25, -0.2) is 0 Å². The molecule has 0 aliphatic carbocycles. The van der Waals surface area contributed by atoms with Gasteiger partial charge in [-0.1, -0.05) is 29.8 Å². The zero-order chi connectivity index (χ0) is 23.1. The Bertz CT molecular complexity index is 1290. The van der Waals surface area contributed by atoms with Crippen molar-refractivity contribution >= 4 is 23.1 Å². The SMILES string of the molecule is COc1ccc(N2C(=O)C(=O)/C(=C(\O)c3ccc4c(c3)CCO4)C2c2cccc(C)c2)cc1. The number of ketones is 1. The molecule has 3 aromatic carbocycles. The first-order valence-electron chi connectivity index (χ1n) is 10.8. The summed E-state index contributed by atoms with van der Waals surface area (Å²) in [7, 11) is 1.57. The molecular formula is C27H23NO5. The number of benzene rings is 3. The highest BCUT2D eigenvalue weighted by Gasteiger charge is 2.47. The molecule has 2 aliphatic rings. The van der Waals surface area contributed by atoms with E-state index in [2.05, 4.69) is 0 Å². The first-order chi connectivity index (χ1) is 16.0. The number of methoxy groups -OCH3 is 1. The second kappa shape index (κ2) is 8.13. The number of carbonyl (C=O) groups is 2. The topological polar surface area (TPSA) is 76.1 Å². The maximum Gasteiger partial charge on any atom is 0.300 e. The number of aryl methyl sites for hydroxylation is 1. The van der Waals surface area contributed by atoms with Gasteiger partial charge in [-0.05, 0) is 60.5 Å². The van der Waals surface area contributed by atoms with Crippen LogP contribution in [0.25, 0.3) is 5.76 Å². The maximum absolute atomic E-state index is 13.3. The number of fused-ring (bicyclic) bond motifs is 1. The van der Waals surface area contributed by atoms with Gasteiger partial charge >= 0.3 is 0 Å². The summed E-state index contributed by atoms with van der Waals surface area (Å²) in [6.07, 6.45) is 0.734. The van der Waals surface area contributed by atoms with Gasteiger partial charge in [-0.3, -0.25) is 14.5 Å². The van der Waals surface area contributed by atoms with Crippen LogP contribution in [0.3, 0.4) is 0 Å². The van der Waals surface area contributed by atoms with Crippen molar-refractivity contribution in [1.29, 1.82) is 0 Å². The van der Waals surface area contributed by atoms with Crippen molar-refractivity contribution in [3.8, 4) is 11.5 Å². The van der Waals surface area contributed by atoms with Crippen LogP contribution in [0.5, 0.6) is 11.5 Å². The molecule has 3 aromatic rings. The standard InChI is InChI=1S/C27H23NO5/c1-16-4-3-5-18(14-16)24-23(25(29)19-6-11-22-17(15-19)12-13-33-22)26(30)27(31)28(24)20-7-9-21(32-2)10-8-20/h3-11,14-15,24,29H,12-13H2,1-2H3/b25-23-. The third-order valence-corrected chi connectivity index (χ3v) is 6.12. The van der Waals surface area contributed by atoms with Gasteiger partial charge in [-0.15, -0.1) is 0 Å². The molecule has 1 atom stereocenters. The molecule has 166 valence electrons. The van der Waals surface area contributed by atoms with Gasteiger partial charge in [0.2, 0.25) is 0 Å².